The van der Waals surface area contributed by atoms with Crippen molar-refractivity contribution in [1.82, 2.24) is 15.3 Å². The van der Waals surface area contributed by atoms with Crippen molar-refractivity contribution in [3.05, 3.63) is 59.1 Å². The number of halogens is 1. The normalized spacial score (nSPS) is 12.3. The van der Waals surface area contributed by atoms with Gasteiger partial charge in [0.1, 0.15) is 0 Å². The van der Waals surface area contributed by atoms with Crippen molar-refractivity contribution in [1.29, 1.82) is 0 Å². The van der Waals surface area contributed by atoms with Gasteiger partial charge in [0.15, 0.2) is 0 Å². The summed E-state index contributed by atoms with van der Waals surface area (Å²) in [5.74, 6) is 0. The van der Waals surface area contributed by atoms with E-state index < -0.39 is 0 Å². The topological polar surface area (TPSA) is 37.8 Å². The Balaban J connectivity index is 2.11. The first-order chi connectivity index (χ1) is 9.29. The molecule has 4 heteroatoms. The fourth-order valence-corrected chi connectivity index (χ4v) is 2.07. The van der Waals surface area contributed by atoms with Gasteiger partial charge in [-0.15, -0.1) is 0 Å². The number of hydrogen-bond acceptors (Lipinski definition) is 3. The molecule has 0 aliphatic carbocycles. The third-order valence-electron chi connectivity index (χ3n) is 2.93. The summed E-state index contributed by atoms with van der Waals surface area (Å²) in [6.45, 7) is 3.12. The second-order valence-corrected chi connectivity index (χ2v) is 4.90. The highest BCUT2D eigenvalue weighted by Gasteiger charge is 2.12. The summed E-state index contributed by atoms with van der Waals surface area (Å²) in [7, 11) is 0. The Bertz CT molecular complexity index is 485. The van der Waals surface area contributed by atoms with E-state index >= 15 is 0 Å². The van der Waals surface area contributed by atoms with Gasteiger partial charge in [-0.05, 0) is 37.1 Å². The van der Waals surface area contributed by atoms with E-state index in [4.69, 9.17) is 11.6 Å². The van der Waals surface area contributed by atoms with E-state index in [0.717, 1.165) is 30.1 Å². The fourth-order valence-electron chi connectivity index (χ4n) is 1.95. The molecule has 0 spiro atoms. The van der Waals surface area contributed by atoms with E-state index in [0.29, 0.717) is 0 Å². The zero-order valence-electron chi connectivity index (χ0n) is 11.0. The van der Waals surface area contributed by atoms with Crippen LogP contribution in [0.2, 0.25) is 5.02 Å². The molecule has 3 nitrogen and oxygen atoms in total. The van der Waals surface area contributed by atoms with Crippen molar-refractivity contribution in [3.63, 3.8) is 0 Å². The highest BCUT2D eigenvalue weighted by atomic mass is 35.5. The molecule has 1 atom stereocenters. The summed E-state index contributed by atoms with van der Waals surface area (Å²) >= 11 is 5.91. The van der Waals surface area contributed by atoms with E-state index in [2.05, 4.69) is 34.3 Å². The zero-order chi connectivity index (χ0) is 13.5. The highest BCUT2D eigenvalue weighted by Crippen LogP contribution is 2.17. The van der Waals surface area contributed by atoms with Crippen LogP contribution in [-0.4, -0.2) is 16.5 Å². The van der Waals surface area contributed by atoms with Crippen LogP contribution in [-0.2, 0) is 6.42 Å². The molecule has 0 saturated heterocycles. The van der Waals surface area contributed by atoms with Crippen LogP contribution < -0.4 is 5.32 Å². The molecule has 19 heavy (non-hydrogen) atoms. The minimum absolute atomic E-state index is 0.190. The molecule has 0 saturated carbocycles. The number of rotatable bonds is 6. The molecule has 1 aromatic heterocycles. The lowest BCUT2D eigenvalue weighted by molar-refractivity contribution is 0.516. The Morgan fingerprint density at radius 1 is 1.21 bits per heavy atom. The maximum absolute atomic E-state index is 5.91. The number of nitrogens with zero attached hydrogens (tertiary/aromatic N) is 2. The van der Waals surface area contributed by atoms with Gasteiger partial charge in [-0.1, -0.05) is 30.7 Å². The van der Waals surface area contributed by atoms with Gasteiger partial charge < -0.3 is 5.32 Å². The first kappa shape index (κ1) is 14.0. The first-order valence-corrected chi connectivity index (χ1v) is 6.91. The van der Waals surface area contributed by atoms with Crippen LogP contribution in [0.1, 0.15) is 30.6 Å². The Morgan fingerprint density at radius 2 is 2.00 bits per heavy atom. The molecule has 1 heterocycles. The van der Waals surface area contributed by atoms with Crippen LogP contribution in [0.3, 0.4) is 0 Å². The van der Waals surface area contributed by atoms with Gasteiger partial charge >= 0.3 is 0 Å². The summed E-state index contributed by atoms with van der Waals surface area (Å²) in [5.41, 5.74) is 2.22. The van der Waals surface area contributed by atoms with Crippen molar-refractivity contribution >= 4 is 11.6 Å². The molecule has 0 fully saturated rings. The number of benzene rings is 1. The van der Waals surface area contributed by atoms with E-state index in [9.17, 15) is 0 Å². The molecule has 1 unspecified atom stereocenters. The minimum atomic E-state index is 0.190. The van der Waals surface area contributed by atoms with Crippen molar-refractivity contribution in [2.75, 3.05) is 6.54 Å². The highest BCUT2D eigenvalue weighted by molar-refractivity contribution is 6.30. The van der Waals surface area contributed by atoms with Crippen LogP contribution in [0.5, 0.6) is 0 Å². The maximum Gasteiger partial charge on any atom is 0.0759 e. The van der Waals surface area contributed by atoms with E-state index in [1.54, 1.807) is 12.4 Å². The van der Waals surface area contributed by atoms with Crippen LogP contribution in [0.15, 0.2) is 42.9 Å². The molecule has 2 rings (SSSR count). The van der Waals surface area contributed by atoms with Crippen molar-refractivity contribution in [2.45, 2.75) is 25.8 Å². The predicted octanol–water partition coefficient (Wildman–Crippen LogP) is 3.41. The van der Waals surface area contributed by atoms with Gasteiger partial charge in [0, 0.05) is 23.6 Å². The Kier molecular flexibility index (Phi) is 5.31. The molecule has 0 aliphatic rings. The molecule has 1 N–H and O–H groups in total. The van der Waals surface area contributed by atoms with E-state index in [-0.39, 0.29) is 6.04 Å². The number of aromatic nitrogens is 2. The smallest absolute Gasteiger partial charge is 0.0759 e. The number of nitrogens with one attached hydrogen (secondary N) is 1. The van der Waals surface area contributed by atoms with Gasteiger partial charge in [0.25, 0.3) is 0 Å². The van der Waals surface area contributed by atoms with Crippen molar-refractivity contribution < 1.29 is 0 Å². The van der Waals surface area contributed by atoms with Gasteiger partial charge in [0.2, 0.25) is 0 Å². The summed E-state index contributed by atoms with van der Waals surface area (Å²) in [6.07, 6.45) is 7.23. The molecule has 0 bridgehead atoms. The molecule has 0 amide bonds. The van der Waals surface area contributed by atoms with Gasteiger partial charge in [-0.3, -0.25) is 9.97 Å². The lowest BCUT2D eigenvalue weighted by Crippen LogP contribution is -2.25. The van der Waals surface area contributed by atoms with E-state index in [1.165, 1.54) is 5.56 Å². The lowest BCUT2D eigenvalue weighted by atomic mass is 10.0. The number of hydrogen-bond donors (Lipinski definition) is 1. The largest absolute Gasteiger partial charge is 0.308 e. The average molecular weight is 276 g/mol. The van der Waals surface area contributed by atoms with Crippen LogP contribution in [0, 0.1) is 0 Å². The zero-order valence-corrected chi connectivity index (χ0v) is 11.8. The fraction of sp³-hybridized carbons (Fsp3) is 0.333. The lowest BCUT2D eigenvalue weighted by Gasteiger charge is -2.17. The van der Waals surface area contributed by atoms with E-state index in [1.807, 2.05) is 18.3 Å². The maximum atomic E-state index is 5.91. The standard InChI is InChI=1S/C15H18ClN3/c1-2-7-18-14(15-11-17-8-9-19-15)10-12-3-5-13(16)6-4-12/h3-6,8-9,11,14,18H,2,7,10H2,1H3. The summed E-state index contributed by atoms with van der Waals surface area (Å²) < 4.78 is 0. The third kappa shape index (κ3) is 4.30. The molecule has 100 valence electrons. The molecule has 0 radical (unpaired) electrons. The average Bonchev–Trinajstić information content (AvgIpc) is 2.46. The third-order valence-corrected chi connectivity index (χ3v) is 3.19. The van der Waals surface area contributed by atoms with Crippen LogP contribution in [0.4, 0.5) is 0 Å². The van der Waals surface area contributed by atoms with Crippen LogP contribution in [0.25, 0.3) is 0 Å². The second kappa shape index (κ2) is 7.22. The quantitative estimate of drug-likeness (QED) is 0.878. The molecule has 1 aromatic carbocycles. The minimum Gasteiger partial charge on any atom is -0.308 e. The van der Waals surface area contributed by atoms with Crippen molar-refractivity contribution in [2.24, 2.45) is 0 Å². The Morgan fingerprint density at radius 3 is 2.63 bits per heavy atom. The summed E-state index contributed by atoms with van der Waals surface area (Å²) in [6, 6.07) is 8.14. The molecule has 0 aliphatic heterocycles. The van der Waals surface area contributed by atoms with Crippen molar-refractivity contribution in [3.8, 4) is 0 Å². The SMILES string of the molecule is CCCNC(Cc1ccc(Cl)cc1)c1cnccn1. The summed E-state index contributed by atoms with van der Waals surface area (Å²) in [4.78, 5) is 8.54. The predicted molar refractivity (Wildman–Crippen MR) is 78.2 cm³/mol. The van der Waals surface area contributed by atoms with Gasteiger partial charge in [-0.2, -0.15) is 0 Å². The molecule has 2 aromatic rings. The summed E-state index contributed by atoms with van der Waals surface area (Å²) in [5, 5.41) is 4.28. The van der Waals surface area contributed by atoms with Gasteiger partial charge in [0.05, 0.1) is 11.7 Å². The van der Waals surface area contributed by atoms with Gasteiger partial charge in [-0.25, -0.2) is 0 Å². The Labute approximate surface area is 119 Å². The molecular weight excluding hydrogens is 258 g/mol. The van der Waals surface area contributed by atoms with Crippen LogP contribution >= 0.6 is 11.6 Å². The monoisotopic (exact) mass is 275 g/mol. The first-order valence-electron chi connectivity index (χ1n) is 6.53. The Hall–Kier alpha value is -1.45. The second-order valence-electron chi connectivity index (χ2n) is 4.47. The molecular formula is C15H18ClN3.